The van der Waals surface area contributed by atoms with E-state index in [9.17, 15) is 14.4 Å². The van der Waals surface area contributed by atoms with E-state index in [1.807, 2.05) is 6.07 Å². The first-order valence-electron chi connectivity index (χ1n) is 6.41. The van der Waals surface area contributed by atoms with Crippen LogP contribution in [0.3, 0.4) is 0 Å². The van der Waals surface area contributed by atoms with Gasteiger partial charge in [-0.05, 0) is 37.3 Å². The number of carbonyl (C=O) groups excluding carboxylic acids is 2. The molecule has 1 aliphatic rings. The quantitative estimate of drug-likeness (QED) is 0.717. The van der Waals surface area contributed by atoms with Gasteiger partial charge in [0, 0.05) is 11.3 Å². The number of aliphatic carboxylic acids is 1. The fourth-order valence-electron chi connectivity index (χ4n) is 2.21. The number of nitrogens with two attached hydrogens (primary N) is 1. The highest BCUT2D eigenvalue weighted by atomic mass is 32.1. The van der Waals surface area contributed by atoms with Crippen molar-refractivity contribution < 1.29 is 19.5 Å². The molecule has 2 rings (SSSR count). The molecule has 1 atom stereocenters. The molecule has 6 nitrogen and oxygen atoms in total. The van der Waals surface area contributed by atoms with Crippen molar-refractivity contribution >= 4 is 29.1 Å². The lowest BCUT2D eigenvalue weighted by Crippen LogP contribution is -2.41. The average Bonchev–Trinajstić information content (AvgIpc) is 2.93. The molecule has 0 unspecified atom stereocenters. The minimum atomic E-state index is -1.16. The summed E-state index contributed by atoms with van der Waals surface area (Å²) in [5.41, 5.74) is 6.17. The van der Waals surface area contributed by atoms with E-state index in [4.69, 9.17) is 10.8 Å². The van der Waals surface area contributed by atoms with Crippen molar-refractivity contribution in [1.82, 2.24) is 5.32 Å². The summed E-state index contributed by atoms with van der Waals surface area (Å²) in [5, 5.41) is 11.5. The molecule has 7 heteroatoms. The Morgan fingerprint density at radius 3 is 2.75 bits per heavy atom. The van der Waals surface area contributed by atoms with Crippen LogP contribution in [0.2, 0.25) is 0 Å². The van der Waals surface area contributed by atoms with E-state index in [-0.39, 0.29) is 12.8 Å². The highest BCUT2D eigenvalue weighted by molar-refractivity contribution is 7.14. The van der Waals surface area contributed by atoms with Gasteiger partial charge in [-0.1, -0.05) is 0 Å². The van der Waals surface area contributed by atoms with Crippen LogP contribution in [0.15, 0.2) is 6.07 Å². The average molecular weight is 296 g/mol. The molecule has 2 amide bonds. The fourth-order valence-corrected chi connectivity index (χ4v) is 3.37. The van der Waals surface area contributed by atoms with Crippen LogP contribution in [-0.4, -0.2) is 28.9 Å². The number of thiophene rings is 1. The molecule has 1 aromatic heterocycles. The van der Waals surface area contributed by atoms with Crippen molar-refractivity contribution in [3.05, 3.63) is 21.4 Å². The van der Waals surface area contributed by atoms with Crippen LogP contribution in [0.5, 0.6) is 0 Å². The molecule has 0 saturated carbocycles. The van der Waals surface area contributed by atoms with Gasteiger partial charge in [0.25, 0.3) is 5.91 Å². The fraction of sp³-hybridized carbons (Fsp3) is 0.462. The summed E-state index contributed by atoms with van der Waals surface area (Å²) < 4.78 is 0. The number of carboxylic acids is 1. The Morgan fingerprint density at radius 1 is 1.40 bits per heavy atom. The third kappa shape index (κ3) is 3.36. The van der Waals surface area contributed by atoms with E-state index in [0.29, 0.717) is 4.88 Å². The second-order valence-corrected chi connectivity index (χ2v) is 5.92. The van der Waals surface area contributed by atoms with E-state index in [0.717, 1.165) is 19.3 Å². The van der Waals surface area contributed by atoms with E-state index in [1.165, 1.54) is 21.8 Å². The van der Waals surface area contributed by atoms with Crippen LogP contribution < -0.4 is 11.1 Å². The molecule has 20 heavy (non-hydrogen) atoms. The molecular formula is C13H16N2O4S. The normalized spacial score (nSPS) is 14.6. The maximum atomic E-state index is 12.0. The Bertz CT molecular complexity index is 531. The van der Waals surface area contributed by atoms with Gasteiger partial charge in [-0.25, -0.2) is 4.79 Å². The Morgan fingerprint density at radius 2 is 2.15 bits per heavy atom. The van der Waals surface area contributed by atoms with Crippen molar-refractivity contribution in [3.63, 3.8) is 0 Å². The molecule has 1 aliphatic carbocycles. The highest BCUT2D eigenvalue weighted by Crippen LogP contribution is 2.30. The smallest absolute Gasteiger partial charge is 0.326 e. The van der Waals surface area contributed by atoms with E-state index in [1.54, 1.807) is 0 Å². The molecule has 0 aliphatic heterocycles. The zero-order chi connectivity index (χ0) is 14.7. The lowest BCUT2D eigenvalue weighted by atomic mass is 10.1. The molecule has 0 spiro atoms. The van der Waals surface area contributed by atoms with Crippen molar-refractivity contribution in [2.45, 2.75) is 38.1 Å². The van der Waals surface area contributed by atoms with Crippen LogP contribution in [0.1, 0.15) is 39.4 Å². The Kier molecular flexibility index (Phi) is 4.39. The number of nitrogens with one attached hydrogen (secondary N) is 1. The number of hydrogen-bond acceptors (Lipinski definition) is 4. The monoisotopic (exact) mass is 296 g/mol. The van der Waals surface area contributed by atoms with Gasteiger partial charge in [0.2, 0.25) is 5.91 Å². The first kappa shape index (κ1) is 14.5. The van der Waals surface area contributed by atoms with Crippen LogP contribution >= 0.6 is 11.3 Å². The summed E-state index contributed by atoms with van der Waals surface area (Å²) in [6.45, 7) is 0. The summed E-state index contributed by atoms with van der Waals surface area (Å²) in [7, 11) is 0. The van der Waals surface area contributed by atoms with E-state index in [2.05, 4.69) is 5.32 Å². The topological polar surface area (TPSA) is 109 Å². The number of hydrogen-bond donors (Lipinski definition) is 3. The summed E-state index contributed by atoms with van der Waals surface area (Å²) >= 11 is 1.41. The maximum absolute atomic E-state index is 12.0. The van der Waals surface area contributed by atoms with Crippen LogP contribution in [-0.2, 0) is 22.4 Å². The van der Waals surface area contributed by atoms with Crippen LogP contribution in [0, 0.1) is 0 Å². The van der Waals surface area contributed by atoms with Gasteiger partial charge in [0.15, 0.2) is 0 Å². The lowest BCUT2D eigenvalue weighted by Gasteiger charge is -2.12. The second-order valence-electron chi connectivity index (χ2n) is 4.78. The Balaban J connectivity index is 2.00. The minimum absolute atomic E-state index is 0.00148. The SMILES string of the molecule is NC(=O)CC[C@@H](NC(=O)c1cc2c(s1)CCC2)C(=O)O. The predicted molar refractivity (Wildman–Crippen MR) is 73.7 cm³/mol. The van der Waals surface area contributed by atoms with Crippen molar-refractivity contribution in [3.8, 4) is 0 Å². The largest absolute Gasteiger partial charge is 0.480 e. The van der Waals surface area contributed by atoms with Crippen molar-refractivity contribution in [2.75, 3.05) is 0 Å². The van der Waals surface area contributed by atoms with Crippen LogP contribution in [0.4, 0.5) is 0 Å². The summed E-state index contributed by atoms with van der Waals surface area (Å²) in [6.07, 6.45) is 3.00. The van der Waals surface area contributed by atoms with Gasteiger partial charge in [-0.15, -0.1) is 11.3 Å². The summed E-state index contributed by atoms with van der Waals surface area (Å²) in [5.74, 6) is -2.15. The predicted octanol–water partition coefficient (Wildman–Crippen LogP) is 0.685. The molecule has 4 N–H and O–H groups in total. The number of amides is 2. The molecule has 108 valence electrons. The second kappa shape index (κ2) is 6.04. The Hall–Kier alpha value is -1.89. The number of primary amides is 1. The minimum Gasteiger partial charge on any atom is -0.480 e. The van der Waals surface area contributed by atoms with E-state index >= 15 is 0 Å². The number of carbonyl (C=O) groups is 3. The Labute approximate surface area is 120 Å². The van der Waals surface area contributed by atoms with Gasteiger partial charge in [0.05, 0.1) is 4.88 Å². The van der Waals surface area contributed by atoms with Crippen molar-refractivity contribution in [1.29, 1.82) is 0 Å². The standard InChI is InChI=1S/C13H16N2O4S/c14-11(16)5-4-8(13(18)19)15-12(17)10-6-7-2-1-3-9(7)20-10/h6,8H,1-5H2,(H2,14,16)(H,15,17)(H,18,19)/t8-/m1/s1. The van der Waals surface area contributed by atoms with Gasteiger partial charge in [-0.2, -0.15) is 0 Å². The zero-order valence-electron chi connectivity index (χ0n) is 10.8. The van der Waals surface area contributed by atoms with Crippen LogP contribution in [0.25, 0.3) is 0 Å². The number of aryl methyl sites for hydroxylation is 2. The van der Waals surface area contributed by atoms with Gasteiger partial charge >= 0.3 is 5.97 Å². The summed E-state index contributed by atoms with van der Waals surface area (Å²) in [6, 6.07) is 0.738. The van der Waals surface area contributed by atoms with E-state index < -0.39 is 23.8 Å². The molecule has 0 saturated heterocycles. The van der Waals surface area contributed by atoms with Crippen molar-refractivity contribution in [2.24, 2.45) is 5.73 Å². The van der Waals surface area contributed by atoms with Gasteiger partial charge < -0.3 is 16.2 Å². The van der Waals surface area contributed by atoms with Gasteiger partial charge in [-0.3, -0.25) is 9.59 Å². The molecule has 0 bridgehead atoms. The zero-order valence-corrected chi connectivity index (χ0v) is 11.7. The molecule has 0 radical (unpaired) electrons. The third-order valence-electron chi connectivity index (χ3n) is 3.25. The first-order valence-corrected chi connectivity index (χ1v) is 7.22. The number of fused-ring (bicyclic) bond motifs is 1. The lowest BCUT2D eigenvalue weighted by molar-refractivity contribution is -0.139. The number of rotatable bonds is 6. The van der Waals surface area contributed by atoms with Gasteiger partial charge in [0.1, 0.15) is 6.04 Å². The molecule has 1 aromatic rings. The third-order valence-corrected chi connectivity index (χ3v) is 4.49. The highest BCUT2D eigenvalue weighted by Gasteiger charge is 2.24. The molecule has 0 fully saturated rings. The molecular weight excluding hydrogens is 280 g/mol. The molecule has 1 heterocycles. The summed E-state index contributed by atoms with van der Waals surface area (Å²) in [4.78, 5) is 35.5. The molecule has 0 aromatic carbocycles. The maximum Gasteiger partial charge on any atom is 0.326 e. The number of carboxylic acid groups (broad SMARTS) is 1. The first-order chi connectivity index (χ1) is 9.47.